The lowest BCUT2D eigenvalue weighted by atomic mass is 10.1. The molecule has 58 valence electrons. The highest BCUT2D eigenvalue weighted by Gasteiger charge is 2.10. The second-order valence-electron chi connectivity index (χ2n) is 2.63. The van der Waals surface area contributed by atoms with Crippen molar-refractivity contribution in [1.29, 1.82) is 0 Å². The van der Waals surface area contributed by atoms with E-state index in [0.717, 1.165) is 0 Å². The van der Waals surface area contributed by atoms with Crippen molar-refractivity contribution in [3.05, 3.63) is 10.1 Å². The van der Waals surface area contributed by atoms with Crippen LogP contribution in [0.2, 0.25) is 0 Å². The monoisotopic (exact) mass is 145 g/mol. The number of carbonyl (C=O) groups is 1. The molecule has 0 saturated heterocycles. The Hall–Kier alpha value is -0.930. The number of ketones is 1. The molecule has 0 rings (SSSR count). The zero-order valence-electron chi connectivity index (χ0n) is 6.16. The Morgan fingerprint density at radius 2 is 2.10 bits per heavy atom. The number of nitrogens with zero attached hydrogens (tertiary/aromatic N) is 1. The molecule has 0 amide bonds. The van der Waals surface area contributed by atoms with E-state index < -0.39 is 11.5 Å². The maximum Gasteiger partial charge on any atom is 0.261 e. The first-order chi connectivity index (χ1) is 4.52. The Morgan fingerprint density at radius 3 is 2.40 bits per heavy atom. The summed E-state index contributed by atoms with van der Waals surface area (Å²) in [4.78, 5) is 19.8. The summed E-state index contributed by atoms with van der Waals surface area (Å²) >= 11 is 0. The Labute approximate surface area is 59.4 Å². The molecule has 10 heavy (non-hydrogen) atoms. The zero-order chi connectivity index (χ0) is 8.15. The minimum Gasteiger partial charge on any atom is -0.292 e. The first kappa shape index (κ1) is 9.07. The molecule has 0 aliphatic heterocycles. The van der Waals surface area contributed by atoms with Gasteiger partial charge in [-0.05, 0) is 5.92 Å². The van der Waals surface area contributed by atoms with Crippen LogP contribution < -0.4 is 0 Å². The van der Waals surface area contributed by atoms with Gasteiger partial charge in [-0.25, -0.2) is 0 Å². The Bertz CT molecular complexity index is 142. The summed E-state index contributed by atoms with van der Waals surface area (Å²) < 4.78 is 0. The molecule has 0 saturated carbocycles. The highest BCUT2D eigenvalue weighted by atomic mass is 16.6. The Balaban J connectivity index is 3.54. The Morgan fingerprint density at radius 1 is 1.60 bits per heavy atom. The lowest BCUT2D eigenvalue weighted by molar-refractivity contribution is -0.467. The third-order valence-electron chi connectivity index (χ3n) is 0.941. The van der Waals surface area contributed by atoms with E-state index in [4.69, 9.17) is 0 Å². The molecule has 0 aliphatic carbocycles. The van der Waals surface area contributed by atoms with E-state index in [-0.39, 0.29) is 11.7 Å². The molecule has 0 atom stereocenters. The number of rotatable bonds is 4. The van der Waals surface area contributed by atoms with Crippen molar-refractivity contribution < 1.29 is 9.72 Å². The van der Waals surface area contributed by atoms with Gasteiger partial charge in [-0.2, -0.15) is 0 Å². The number of Topliss-reactive ketones (excluding diaryl/α,β-unsaturated/α-hetero) is 1. The van der Waals surface area contributed by atoms with Crippen molar-refractivity contribution in [1.82, 2.24) is 0 Å². The molecule has 0 fully saturated rings. The van der Waals surface area contributed by atoms with Gasteiger partial charge in [0.15, 0.2) is 0 Å². The van der Waals surface area contributed by atoms with E-state index in [1.807, 2.05) is 13.8 Å². The molecule has 0 aromatic rings. The lowest BCUT2D eigenvalue weighted by Gasteiger charge is -1.98. The van der Waals surface area contributed by atoms with Gasteiger partial charge in [0.05, 0.1) is 0 Å². The number of hydrogen-bond donors (Lipinski definition) is 0. The minimum atomic E-state index is -0.593. The second kappa shape index (κ2) is 3.98. The van der Waals surface area contributed by atoms with Crippen LogP contribution in [0.1, 0.15) is 20.3 Å². The summed E-state index contributed by atoms with van der Waals surface area (Å²) in [5.74, 6) is -0.0764. The molecular formula is C6H11NO3. The normalized spacial score (nSPS) is 9.90. The molecule has 0 spiro atoms. The van der Waals surface area contributed by atoms with E-state index in [0.29, 0.717) is 6.42 Å². The number of carbonyl (C=O) groups excluding carboxylic acids is 1. The van der Waals surface area contributed by atoms with Crippen LogP contribution in [0.3, 0.4) is 0 Å². The first-order valence-corrected chi connectivity index (χ1v) is 3.16. The molecule has 0 aromatic heterocycles. The van der Waals surface area contributed by atoms with Crippen LogP contribution in [0.25, 0.3) is 0 Å². The Kier molecular flexibility index (Phi) is 3.61. The predicted molar refractivity (Wildman–Crippen MR) is 36.3 cm³/mol. The van der Waals surface area contributed by atoms with Crippen molar-refractivity contribution in [2.75, 3.05) is 6.54 Å². The SMILES string of the molecule is CC(C)CC(=O)C[N+](=O)[O-]. The van der Waals surface area contributed by atoms with Crippen molar-refractivity contribution in [3.63, 3.8) is 0 Å². The van der Waals surface area contributed by atoms with Crippen LogP contribution in [-0.2, 0) is 4.79 Å². The van der Waals surface area contributed by atoms with E-state index >= 15 is 0 Å². The van der Waals surface area contributed by atoms with Crippen molar-refractivity contribution in [2.45, 2.75) is 20.3 Å². The summed E-state index contributed by atoms with van der Waals surface area (Å²) in [5.41, 5.74) is 0. The average Bonchev–Trinajstić information content (AvgIpc) is 1.58. The molecule has 0 bridgehead atoms. The quantitative estimate of drug-likeness (QED) is 0.435. The smallest absolute Gasteiger partial charge is 0.261 e. The summed E-state index contributed by atoms with van der Waals surface area (Å²) in [6.45, 7) is 3.19. The van der Waals surface area contributed by atoms with Crippen molar-refractivity contribution in [2.24, 2.45) is 5.92 Å². The fourth-order valence-corrected chi connectivity index (χ4v) is 0.664. The summed E-state index contributed by atoms with van der Waals surface area (Å²) in [6, 6.07) is 0. The van der Waals surface area contributed by atoms with Gasteiger partial charge in [0.25, 0.3) is 6.54 Å². The van der Waals surface area contributed by atoms with Gasteiger partial charge >= 0.3 is 0 Å². The molecule has 4 nitrogen and oxygen atoms in total. The highest BCUT2D eigenvalue weighted by Crippen LogP contribution is 1.99. The van der Waals surface area contributed by atoms with Gasteiger partial charge in [0, 0.05) is 11.3 Å². The molecule has 4 heteroatoms. The van der Waals surface area contributed by atoms with Crippen LogP contribution in [0.5, 0.6) is 0 Å². The molecular weight excluding hydrogens is 134 g/mol. The van der Waals surface area contributed by atoms with Crippen molar-refractivity contribution in [3.8, 4) is 0 Å². The first-order valence-electron chi connectivity index (χ1n) is 3.16. The second-order valence-corrected chi connectivity index (χ2v) is 2.63. The van der Waals surface area contributed by atoms with E-state index in [1.165, 1.54) is 0 Å². The minimum absolute atomic E-state index is 0.215. The molecule has 0 aliphatic rings. The van der Waals surface area contributed by atoms with Crippen LogP contribution in [-0.4, -0.2) is 17.3 Å². The largest absolute Gasteiger partial charge is 0.292 e. The van der Waals surface area contributed by atoms with E-state index in [1.54, 1.807) is 0 Å². The molecule has 0 aromatic carbocycles. The van der Waals surface area contributed by atoms with E-state index in [2.05, 4.69) is 0 Å². The standard InChI is InChI=1S/C6H11NO3/c1-5(2)3-6(8)4-7(9)10/h5H,3-4H2,1-2H3. The van der Waals surface area contributed by atoms with Crippen LogP contribution >= 0.6 is 0 Å². The van der Waals surface area contributed by atoms with Crippen LogP contribution in [0.15, 0.2) is 0 Å². The molecule has 0 radical (unpaired) electrons. The fraction of sp³-hybridized carbons (Fsp3) is 0.833. The lowest BCUT2D eigenvalue weighted by Crippen LogP contribution is -2.15. The number of nitro groups is 1. The van der Waals surface area contributed by atoms with Gasteiger partial charge in [-0.1, -0.05) is 13.8 Å². The van der Waals surface area contributed by atoms with E-state index in [9.17, 15) is 14.9 Å². The van der Waals surface area contributed by atoms with Crippen LogP contribution in [0.4, 0.5) is 0 Å². The zero-order valence-corrected chi connectivity index (χ0v) is 6.16. The topological polar surface area (TPSA) is 60.2 Å². The fourth-order valence-electron chi connectivity index (χ4n) is 0.664. The molecule has 0 N–H and O–H groups in total. The van der Waals surface area contributed by atoms with Crippen LogP contribution in [0, 0.1) is 16.0 Å². The van der Waals surface area contributed by atoms with Gasteiger partial charge in [0.2, 0.25) is 5.78 Å². The maximum atomic E-state index is 10.6. The van der Waals surface area contributed by atoms with Crippen molar-refractivity contribution >= 4 is 5.78 Å². The van der Waals surface area contributed by atoms with Gasteiger partial charge < -0.3 is 0 Å². The van der Waals surface area contributed by atoms with Gasteiger partial charge in [0.1, 0.15) is 0 Å². The highest BCUT2D eigenvalue weighted by molar-refractivity contribution is 5.79. The van der Waals surface area contributed by atoms with Gasteiger partial charge in [-0.3, -0.25) is 14.9 Å². The summed E-state index contributed by atoms with van der Waals surface area (Å²) in [6.07, 6.45) is 0.307. The molecule has 0 unspecified atom stereocenters. The summed E-state index contributed by atoms with van der Waals surface area (Å²) in [7, 11) is 0. The summed E-state index contributed by atoms with van der Waals surface area (Å²) in [5, 5.41) is 9.78. The third kappa shape index (κ3) is 5.21. The third-order valence-corrected chi connectivity index (χ3v) is 0.941. The number of hydrogen-bond acceptors (Lipinski definition) is 3. The maximum absolute atomic E-state index is 10.6. The molecule has 0 heterocycles. The average molecular weight is 145 g/mol. The van der Waals surface area contributed by atoms with Gasteiger partial charge in [-0.15, -0.1) is 0 Å². The predicted octanol–water partition coefficient (Wildman–Crippen LogP) is 0.878.